The highest BCUT2D eigenvalue weighted by Gasteiger charge is 2.26. The Hall–Kier alpha value is -3.66. The average molecular weight is 484 g/mol. The van der Waals surface area contributed by atoms with Gasteiger partial charge in [-0.3, -0.25) is 4.79 Å². The maximum Gasteiger partial charge on any atom is 0.266 e. The first kappa shape index (κ1) is 22.1. The maximum absolute atomic E-state index is 14.2. The monoisotopic (exact) mass is 483 g/mol. The molecule has 1 aliphatic rings. The minimum absolute atomic E-state index is 0.254. The van der Waals surface area contributed by atoms with Crippen LogP contribution in [-0.4, -0.2) is 42.1 Å². The van der Waals surface area contributed by atoms with Crippen molar-refractivity contribution in [3.8, 4) is 0 Å². The number of halogens is 3. The Balaban J connectivity index is 1.41. The smallest absolute Gasteiger partial charge is 0.266 e. The highest BCUT2D eigenvalue weighted by molar-refractivity contribution is 7.20. The molecule has 1 fully saturated rings. The van der Waals surface area contributed by atoms with E-state index in [9.17, 15) is 18.0 Å². The molecule has 0 spiro atoms. The predicted molar refractivity (Wildman–Crippen MR) is 127 cm³/mol. The molecule has 0 unspecified atom stereocenters. The summed E-state index contributed by atoms with van der Waals surface area (Å²) in [6.45, 7) is 4.20. The van der Waals surface area contributed by atoms with Crippen LogP contribution in [0.1, 0.15) is 15.2 Å². The zero-order valence-corrected chi connectivity index (χ0v) is 19.0. The van der Waals surface area contributed by atoms with Crippen LogP contribution in [0.2, 0.25) is 0 Å². The van der Waals surface area contributed by atoms with Crippen molar-refractivity contribution in [3.63, 3.8) is 0 Å². The summed E-state index contributed by atoms with van der Waals surface area (Å²) in [4.78, 5) is 26.7. The van der Waals surface area contributed by atoms with Gasteiger partial charge in [0.1, 0.15) is 40.1 Å². The van der Waals surface area contributed by atoms with Gasteiger partial charge >= 0.3 is 0 Å². The van der Waals surface area contributed by atoms with Crippen molar-refractivity contribution in [1.82, 2.24) is 9.97 Å². The van der Waals surface area contributed by atoms with Crippen LogP contribution in [0.3, 0.4) is 0 Å². The summed E-state index contributed by atoms with van der Waals surface area (Å²) in [5.41, 5.74) is 0.724. The standard InChI is InChI=1S/C24H20F3N5OS/c1-14-19-22(32-11-9-31(10-12-32)18-8-3-2-5-15(18)25)28-13-29-24(19)34-21(14)23(33)30-20-16(26)6-4-7-17(20)27/h2-8,13H,9-12H2,1H3,(H,30,33). The molecule has 1 amide bonds. The number of para-hydroxylation sites is 2. The fourth-order valence-corrected chi connectivity index (χ4v) is 5.20. The van der Waals surface area contributed by atoms with Crippen LogP contribution in [0, 0.1) is 24.4 Å². The molecule has 2 aromatic carbocycles. The van der Waals surface area contributed by atoms with E-state index in [1.165, 1.54) is 18.5 Å². The van der Waals surface area contributed by atoms with Gasteiger partial charge in [0.05, 0.1) is 16.0 Å². The number of aromatic nitrogens is 2. The normalized spacial score (nSPS) is 14.0. The summed E-state index contributed by atoms with van der Waals surface area (Å²) >= 11 is 1.15. The van der Waals surface area contributed by atoms with Crippen LogP contribution in [-0.2, 0) is 0 Å². The number of anilines is 3. The molecule has 0 aliphatic carbocycles. The maximum atomic E-state index is 14.2. The largest absolute Gasteiger partial charge is 0.366 e. The third kappa shape index (κ3) is 3.94. The lowest BCUT2D eigenvalue weighted by Gasteiger charge is -2.37. The van der Waals surface area contributed by atoms with E-state index >= 15 is 0 Å². The quantitative estimate of drug-likeness (QED) is 0.443. The first-order valence-corrected chi connectivity index (χ1v) is 11.5. The van der Waals surface area contributed by atoms with Gasteiger partial charge in [0, 0.05) is 26.2 Å². The molecule has 6 nitrogen and oxygen atoms in total. The minimum Gasteiger partial charge on any atom is -0.366 e. The number of hydrogen-bond acceptors (Lipinski definition) is 6. The number of hydrogen-bond donors (Lipinski definition) is 1. The number of nitrogens with zero attached hydrogens (tertiary/aromatic N) is 4. The number of aryl methyl sites for hydroxylation is 1. The summed E-state index contributed by atoms with van der Waals surface area (Å²) in [5.74, 6) is -1.88. The number of carbonyl (C=O) groups excluding carboxylic acids is 1. The van der Waals surface area contributed by atoms with Crippen LogP contribution in [0.5, 0.6) is 0 Å². The molecule has 1 N–H and O–H groups in total. The molecule has 0 bridgehead atoms. The number of amides is 1. The van der Waals surface area contributed by atoms with E-state index in [2.05, 4.69) is 20.2 Å². The third-order valence-corrected chi connectivity index (χ3v) is 7.09. The summed E-state index contributed by atoms with van der Waals surface area (Å²) < 4.78 is 42.2. The molecule has 0 atom stereocenters. The van der Waals surface area contributed by atoms with Crippen molar-refractivity contribution in [2.24, 2.45) is 0 Å². The highest BCUT2D eigenvalue weighted by atomic mass is 32.1. The minimum atomic E-state index is -0.847. The van der Waals surface area contributed by atoms with Gasteiger partial charge < -0.3 is 15.1 Å². The number of carbonyl (C=O) groups is 1. The number of piperazine rings is 1. The molecule has 4 aromatic rings. The van der Waals surface area contributed by atoms with Crippen molar-refractivity contribution < 1.29 is 18.0 Å². The molecule has 34 heavy (non-hydrogen) atoms. The number of rotatable bonds is 4. The van der Waals surface area contributed by atoms with E-state index < -0.39 is 23.2 Å². The molecule has 0 saturated carbocycles. The second-order valence-corrected chi connectivity index (χ2v) is 8.91. The molecule has 2 aromatic heterocycles. The molecule has 3 heterocycles. The zero-order chi connectivity index (χ0) is 23.8. The number of benzene rings is 2. The fourth-order valence-electron chi connectivity index (χ4n) is 4.16. The van der Waals surface area contributed by atoms with Crippen molar-refractivity contribution in [1.29, 1.82) is 0 Å². The van der Waals surface area contributed by atoms with Gasteiger partial charge in [-0.15, -0.1) is 11.3 Å². The van der Waals surface area contributed by atoms with Crippen LogP contribution in [0.15, 0.2) is 48.8 Å². The number of nitrogens with one attached hydrogen (secondary N) is 1. The Morgan fingerprint density at radius 1 is 0.912 bits per heavy atom. The van der Waals surface area contributed by atoms with Crippen molar-refractivity contribution in [2.45, 2.75) is 6.92 Å². The topological polar surface area (TPSA) is 61.4 Å². The molecule has 1 aliphatic heterocycles. The molecule has 10 heteroatoms. The Morgan fingerprint density at radius 3 is 2.26 bits per heavy atom. The van der Waals surface area contributed by atoms with E-state index in [0.29, 0.717) is 53.0 Å². The first-order valence-electron chi connectivity index (χ1n) is 10.7. The Morgan fingerprint density at radius 2 is 1.56 bits per heavy atom. The van der Waals surface area contributed by atoms with Gasteiger partial charge in [-0.25, -0.2) is 23.1 Å². The summed E-state index contributed by atoms with van der Waals surface area (Å²) in [6, 6.07) is 10.1. The van der Waals surface area contributed by atoms with Gasteiger partial charge in [-0.1, -0.05) is 18.2 Å². The lowest BCUT2D eigenvalue weighted by molar-refractivity contribution is 0.102. The van der Waals surface area contributed by atoms with Crippen molar-refractivity contribution in [3.05, 3.63) is 76.7 Å². The predicted octanol–water partition coefficient (Wildman–Crippen LogP) is 5.00. The molecule has 174 valence electrons. The second kappa shape index (κ2) is 8.94. The van der Waals surface area contributed by atoms with E-state index in [1.807, 2.05) is 11.0 Å². The van der Waals surface area contributed by atoms with Gasteiger partial charge in [0.2, 0.25) is 0 Å². The van der Waals surface area contributed by atoms with Gasteiger partial charge in [0.25, 0.3) is 5.91 Å². The van der Waals surface area contributed by atoms with Crippen LogP contribution in [0.25, 0.3) is 10.2 Å². The Bertz CT molecular complexity index is 1360. The highest BCUT2D eigenvalue weighted by Crippen LogP contribution is 2.36. The molecule has 1 saturated heterocycles. The molecular weight excluding hydrogens is 463 g/mol. The summed E-state index contributed by atoms with van der Waals surface area (Å²) in [7, 11) is 0. The van der Waals surface area contributed by atoms with Gasteiger partial charge in [0.15, 0.2) is 0 Å². The van der Waals surface area contributed by atoms with E-state index in [0.717, 1.165) is 28.9 Å². The Labute approximate surface area is 197 Å². The zero-order valence-electron chi connectivity index (χ0n) is 18.2. The fraction of sp³-hybridized carbons (Fsp3) is 0.208. The number of thiophene rings is 1. The van der Waals surface area contributed by atoms with Crippen LogP contribution >= 0.6 is 11.3 Å². The second-order valence-electron chi connectivity index (χ2n) is 7.91. The van der Waals surface area contributed by atoms with Gasteiger partial charge in [-0.05, 0) is 36.8 Å². The SMILES string of the molecule is Cc1c(C(=O)Nc2c(F)cccc2F)sc2ncnc(N3CCN(c4ccccc4F)CC3)c12. The van der Waals surface area contributed by atoms with Crippen LogP contribution < -0.4 is 15.1 Å². The average Bonchev–Trinajstić information content (AvgIpc) is 3.19. The summed E-state index contributed by atoms with van der Waals surface area (Å²) in [5, 5.41) is 3.07. The lowest BCUT2D eigenvalue weighted by Crippen LogP contribution is -2.47. The van der Waals surface area contributed by atoms with Crippen molar-refractivity contribution in [2.75, 3.05) is 41.3 Å². The Kier molecular flexibility index (Phi) is 5.82. The molecule has 0 radical (unpaired) electrons. The molecular formula is C24H20F3N5OS. The lowest BCUT2D eigenvalue weighted by atomic mass is 10.1. The number of fused-ring (bicyclic) bond motifs is 1. The molecule has 5 rings (SSSR count). The first-order chi connectivity index (χ1) is 16.4. The summed E-state index contributed by atoms with van der Waals surface area (Å²) in [6.07, 6.45) is 1.44. The third-order valence-electron chi connectivity index (χ3n) is 5.89. The van der Waals surface area contributed by atoms with E-state index in [-0.39, 0.29) is 5.82 Å². The van der Waals surface area contributed by atoms with Gasteiger partial charge in [-0.2, -0.15) is 0 Å². The van der Waals surface area contributed by atoms with E-state index in [4.69, 9.17) is 0 Å². The van der Waals surface area contributed by atoms with E-state index in [1.54, 1.807) is 19.1 Å². The van der Waals surface area contributed by atoms with Crippen LogP contribution in [0.4, 0.5) is 30.4 Å². The van der Waals surface area contributed by atoms with Crippen molar-refractivity contribution >= 4 is 44.7 Å².